The van der Waals surface area contributed by atoms with Gasteiger partial charge in [0.05, 0.1) is 24.2 Å². The summed E-state index contributed by atoms with van der Waals surface area (Å²) in [5.41, 5.74) is 2.30. The summed E-state index contributed by atoms with van der Waals surface area (Å²) in [5, 5.41) is 17.4. The molecule has 0 aliphatic carbocycles. The van der Waals surface area contributed by atoms with Crippen molar-refractivity contribution in [2.24, 2.45) is 0 Å². The number of urea groups is 2. The predicted molar refractivity (Wildman–Crippen MR) is 168 cm³/mol. The van der Waals surface area contributed by atoms with E-state index in [1.165, 1.54) is 7.05 Å². The minimum absolute atomic E-state index is 0.350. The molecule has 0 bridgehead atoms. The van der Waals surface area contributed by atoms with Crippen LogP contribution in [0.2, 0.25) is 0 Å². The van der Waals surface area contributed by atoms with Crippen molar-refractivity contribution in [3.8, 4) is 22.9 Å². The van der Waals surface area contributed by atoms with Gasteiger partial charge >= 0.3 is 12.1 Å². The summed E-state index contributed by atoms with van der Waals surface area (Å²) in [5.74, 6) is 2.71. The molecule has 0 aliphatic rings. The number of carbonyl (C=O) groups is 2. The third-order valence-corrected chi connectivity index (χ3v) is 6.67. The molecule has 11 nitrogen and oxygen atoms in total. The number of fused-ring (bicyclic) bond motifs is 1. The summed E-state index contributed by atoms with van der Waals surface area (Å²) in [6, 6.07) is 23.1. The average Bonchev–Trinajstić information content (AvgIpc) is 3.43. The van der Waals surface area contributed by atoms with Crippen LogP contribution in [0.3, 0.4) is 0 Å². The lowest BCUT2D eigenvalue weighted by atomic mass is 10.1. The number of anilines is 3. The van der Waals surface area contributed by atoms with E-state index in [1.807, 2.05) is 54.6 Å². The van der Waals surface area contributed by atoms with Gasteiger partial charge in [-0.1, -0.05) is 37.6 Å². The number of aromatic nitrogens is 3. The van der Waals surface area contributed by atoms with E-state index in [-0.39, 0.29) is 6.03 Å². The number of nitrogens with one attached hydrogen (secondary N) is 4. The SMILES string of the molecule is CCCCc1cc(NC(=O)Nc2ccc(Oc3ccnc(NC(=O)NC)c3)c3ccccc23)n(-c2ccc(OC)cc2)n1. The number of pyridine rings is 1. The number of amides is 4. The van der Waals surface area contributed by atoms with E-state index in [4.69, 9.17) is 14.6 Å². The minimum atomic E-state index is -0.408. The van der Waals surface area contributed by atoms with E-state index < -0.39 is 6.03 Å². The molecule has 0 aliphatic heterocycles. The van der Waals surface area contributed by atoms with Crippen LogP contribution >= 0.6 is 0 Å². The lowest BCUT2D eigenvalue weighted by molar-refractivity contribution is 0.254. The highest BCUT2D eigenvalue weighted by Gasteiger charge is 2.15. The lowest BCUT2D eigenvalue weighted by Crippen LogP contribution is -2.24. The van der Waals surface area contributed by atoms with Crippen LogP contribution in [-0.4, -0.2) is 41.0 Å². The van der Waals surface area contributed by atoms with Crippen LogP contribution in [-0.2, 0) is 6.42 Å². The van der Waals surface area contributed by atoms with Gasteiger partial charge in [0.2, 0.25) is 0 Å². The Bertz CT molecular complexity index is 1730. The number of methoxy groups -OCH3 is 1. The molecule has 0 spiro atoms. The molecule has 0 radical (unpaired) electrons. The van der Waals surface area contributed by atoms with Gasteiger partial charge in [0, 0.05) is 36.1 Å². The second kappa shape index (κ2) is 13.4. The Labute approximate surface area is 249 Å². The van der Waals surface area contributed by atoms with E-state index in [1.54, 1.807) is 42.3 Å². The molecule has 11 heteroatoms. The predicted octanol–water partition coefficient (Wildman–Crippen LogP) is 6.96. The second-order valence-corrected chi connectivity index (χ2v) is 9.65. The highest BCUT2D eigenvalue weighted by molar-refractivity contribution is 6.07. The normalized spacial score (nSPS) is 10.7. The van der Waals surface area contributed by atoms with Crippen molar-refractivity contribution in [3.05, 3.63) is 90.8 Å². The second-order valence-electron chi connectivity index (χ2n) is 9.65. The molecular formula is C32H33N7O4. The zero-order valence-electron chi connectivity index (χ0n) is 24.2. The summed E-state index contributed by atoms with van der Waals surface area (Å²) < 4.78 is 13.2. The van der Waals surface area contributed by atoms with Gasteiger partial charge in [0.1, 0.15) is 28.9 Å². The summed E-state index contributed by atoms with van der Waals surface area (Å²) in [6.07, 6.45) is 4.40. The van der Waals surface area contributed by atoms with Crippen LogP contribution in [0.4, 0.5) is 26.9 Å². The Morgan fingerprint density at radius 3 is 2.40 bits per heavy atom. The molecule has 3 aromatic carbocycles. The number of carbonyl (C=O) groups excluding carboxylic acids is 2. The Morgan fingerprint density at radius 2 is 1.65 bits per heavy atom. The number of nitrogens with zero attached hydrogens (tertiary/aromatic N) is 3. The first-order valence-electron chi connectivity index (χ1n) is 13.9. The minimum Gasteiger partial charge on any atom is -0.497 e. The Balaban J connectivity index is 1.37. The van der Waals surface area contributed by atoms with Gasteiger partial charge in [0.15, 0.2) is 0 Å². The number of unbranched alkanes of at least 4 members (excludes halogenated alkanes) is 1. The van der Waals surface area contributed by atoms with Crippen molar-refractivity contribution in [2.75, 3.05) is 30.1 Å². The molecule has 43 heavy (non-hydrogen) atoms. The highest BCUT2D eigenvalue weighted by Crippen LogP contribution is 2.35. The quantitative estimate of drug-likeness (QED) is 0.141. The van der Waals surface area contributed by atoms with Gasteiger partial charge in [-0.3, -0.25) is 10.6 Å². The first-order valence-corrected chi connectivity index (χ1v) is 13.9. The van der Waals surface area contributed by atoms with Crippen molar-refractivity contribution in [3.63, 3.8) is 0 Å². The molecular weight excluding hydrogens is 546 g/mol. The molecule has 0 atom stereocenters. The van der Waals surface area contributed by atoms with Crippen LogP contribution in [0.15, 0.2) is 85.1 Å². The largest absolute Gasteiger partial charge is 0.497 e. The maximum Gasteiger partial charge on any atom is 0.324 e. The summed E-state index contributed by atoms with van der Waals surface area (Å²) >= 11 is 0. The molecule has 2 heterocycles. The maximum absolute atomic E-state index is 13.3. The van der Waals surface area contributed by atoms with Crippen LogP contribution in [0.1, 0.15) is 25.5 Å². The number of aryl methyl sites for hydroxylation is 1. The van der Waals surface area contributed by atoms with Gasteiger partial charge in [-0.2, -0.15) is 5.10 Å². The molecule has 0 unspecified atom stereocenters. The third kappa shape index (κ3) is 7.02. The summed E-state index contributed by atoms with van der Waals surface area (Å²) in [4.78, 5) is 29.1. The molecule has 0 fully saturated rings. The van der Waals surface area contributed by atoms with Crippen molar-refractivity contribution < 1.29 is 19.1 Å². The molecule has 220 valence electrons. The molecule has 2 aromatic heterocycles. The molecule has 5 aromatic rings. The number of benzene rings is 3. The van der Waals surface area contributed by atoms with Crippen LogP contribution in [0.5, 0.6) is 17.2 Å². The summed E-state index contributed by atoms with van der Waals surface area (Å²) in [7, 11) is 3.14. The van der Waals surface area contributed by atoms with Crippen molar-refractivity contribution in [1.29, 1.82) is 0 Å². The fourth-order valence-electron chi connectivity index (χ4n) is 4.51. The number of ether oxygens (including phenoxy) is 2. The number of hydrogen-bond acceptors (Lipinski definition) is 6. The summed E-state index contributed by atoms with van der Waals surface area (Å²) in [6.45, 7) is 2.13. The van der Waals surface area contributed by atoms with Gasteiger partial charge in [-0.05, 0) is 55.3 Å². The molecule has 0 saturated carbocycles. The Morgan fingerprint density at radius 1 is 0.860 bits per heavy atom. The van der Waals surface area contributed by atoms with Crippen molar-refractivity contribution in [1.82, 2.24) is 20.1 Å². The van der Waals surface area contributed by atoms with Gasteiger partial charge in [0.25, 0.3) is 0 Å². The highest BCUT2D eigenvalue weighted by atomic mass is 16.5. The topological polar surface area (TPSA) is 131 Å². The van der Waals surface area contributed by atoms with E-state index in [0.29, 0.717) is 28.8 Å². The average molecular weight is 580 g/mol. The van der Waals surface area contributed by atoms with E-state index in [0.717, 1.165) is 47.2 Å². The zero-order chi connectivity index (χ0) is 30.2. The van der Waals surface area contributed by atoms with Gasteiger partial charge < -0.3 is 20.1 Å². The monoisotopic (exact) mass is 579 g/mol. The molecule has 4 amide bonds. The smallest absolute Gasteiger partial charge is 0.324 e. The van der Waals surface area contributed by atoms with Crippen molar-refractivity contribution in [2.45, 2.75) is 26.2 Å². The van der Waals surface area contributed by atoms with Crippen molar-refractivity contribution >= 4 is 40.2 Å². The zero-order valence-corrected chi connectivity index (χ0v) is 24.2. The maximum atomic E-state index is 13.3. The molecule has 0 saturated heterocycles. The lowest BCUT2D eigenvalue weighted by Gasteiger charge is -2.14. The fraction of sp³-hybridized carbons (Fsp3) is 0.188. The first-order chi connectivity index (χ1) is 21.0. The number of rotatable bonds is 10. The van der Waals surface area contributed by atoms with Gasteiger partial charge in [-0.15, -0.1) is 0 Å². The van der Waals surface area contributed by atoms with Crippen LogP contribution < -0.4 is 30.7 Å². The van der Waals surface area contributed by atoms with E-state index >= 15 is 0 Å². The third-order valence-electron chi connectivity index (χ3n) is 6.67. The van der Waals surface area contributed by atoms with Gasteiger partial charge in [-0.25, -0.2) is 19.3 Å². The number of hydrogen-bond donors (Lipinski definition) is 4. The molecule has 4 N–H and O–H groups in total. The standard InChI is InChI=1S/C32H33N7O4/c1-4-5-8-21-19-30(39(38-21)22-11-13-23(42-3)14-12-22)37-32(41)35-27-15-16-28(26-10-7-6-9-25(26)27)43-24-17-18-34-29(20-24)36-31(40)33-2/h6-7,9-20H,4-5,8H2,1-3H3,(H2,35,37,41)(H2,33,34,36,40). The van der Waals surface area contributed by atoms with Crippen LogP contribution in [0, 0.1) is 0 Å². The fourth-order valence-corrected chi connectivity index (χ4v) is 4.51. The molecule has 5 rings (SSSR count). The first kappa shape index (κ1) is 28.9. The van der Waals surface area contributed by atoms with Crippen LogP contribution in [0.25, 0.3) is 16.5 Å². The van der Waals surface area contributed by atoms with E-state index in [9.17, 15) is 9.59 Å². The Kier molecular flexibility index (Phi) is 9.01. The Hall–Kier alpha value is -5.58. The van der Waals surface area contributed by atoms with E-state index in [2.05, 4.69) is 33.2 Å².